The molecular formula is C26H27NO5. The summed E-state index contributed by atoms with van der Waals surface area (Å²) < 4.78 is 10.4. The Hall–Kier alpha value is -3.25. The Bertz CT molecular complexity index is 1070. The summed E-state index contributed by atoms with van der Waals surface area (Å²) in [5.74, 6) is -1.60. The number of phenolic OH excluding ortho intramolecular Hbond substituents is 1. The third-order valence-corrected chi connectivity index (χ3v) is 6.17. The van der Waals surface area contributed by atoms with Crippen LogP contribution >= 0.6 is 0 Å². The van der Waals surface area contributed by atoms with Crippen molar-refractivity contribution in [1.82, 2.24) is 0 Å². The Morgan fingerprint density at radius 3 is 2.53 bits per heavy atom. The van der Waals surface area contributed by atoms with Crippen LogP contribution in [0, 0.1) is 5.92 Å². The second kappa shape index (κ2) is 9.49. The molecule has 1 aliphatic carbocycles. The van der Waals surface area contributed by atoms with Gasteiger partial charge < -0.3 is 14.6 Å². The lowest BCUT2D eigenvalue weighted by atomic mass is 9.69. The molecule has 0 spiro atoms. The molecule has 0 saturated heterocycles. The number of rotatable bonds is 6. The van der Waals surface area contributed by atoms with E-state index < -0.39 is 17.8 Å². The number of hydrogen-bond donors (Lipinski definition) is 1. The molecule has 1 N–H and O–H groups in total. The summed E-state index contributed by atoms with van der Waals surface area (Å²) in [6.45, 7) is 2.22. The van der Waals surface area contributed by atoms with E-state index in [1.807, 2.05) is 36.4 Å². The quantitative estimate of drug-likeness (QED) is 0.546. The molecule has 6 nitrogen and oxygen atoms in total. The van der Waals surface area contributed by atoms with Gasteiger partial charge in [0.25, 0.3) is 0 Å². The van der Waals surface area contributed by atoms with Gasteiger partial charge >= 0.3 is 5.97 Å². The Morgan fingerprint density at radius 1 is 1.06 bits per heavy atom. The molecule has 32 heavy (non-hydrogen) atoms. The lowest BCUT2D eigenvalue weighted by Gasteiger charge is -2.36. The number of carbonyl (C=O) groups excluding carboxylic acids is 2. The molecule has 166 valence electrons. The predicted octanol–water partition coefficient (Wildman–Crippen LogP) is 4.16. The van der Waals surface area contributed by atoms with Crippen LogP contribution in [-0.2, 0) is 19.1 Å². The zero-order chi connectivity index (χ0) is 22.7. The predicted molar refractivity (Wildman–Crippen MR) is 121 cm³/mol. The van der Waals surface area contributed by atoms with E-state index in [1.165, 1.54) is 7.11 Å². The number of phenols is 1. The minimum Gasteiger partial charge on any atom is -0.508 e. The van der Waals surface area contributed by atoms with E-state index in [0.29, 0.717) is 29.7 Å². The van der Waals surface area contributed by atoms with Gasteiger partial charge in [-0.1, -0.05) is 42.5 Å². The van der Waals surface area contributed by atoms with Crippen molar-refractivity contribution in [3.8, 4) is 5.75 Å². The Labute approximate surface area is 187 Å². The molecule has 0 amide bonds. The largest absolute Gasteiger partial charge is 0.508 e. The van der Waals surface area contributed by atoms with Crippen LogP contribution in [0.1, 0.15) is 42.7 Å². The topological polar surface area (TPSA) is 85.2 Å². The molecule has 4 rings (SSSR count). The minimum atomic E-state index is -0.732. The molecule has 0 fully saturated rings. The van der Waals surface area contributed by atoms with Gasteiger partial charge in [-0.2, -0.15) is 0 Å². The highest BCUT2D eigenvalue weighted by Crippen LogP contribution is 2.47. The van der Waals surface area contributed by atoms with Crippen molar-refractivity contribution >= 4 is 17.5 Å². The zero-order valence-electron chi connectivity index (χ0n) is 18.3. The normalized spacial score (nSPS) is 22.9. The first-order chi connectivity index (χ1) is 15.5. The fraction of sp³-hybridized carbons (Fsp3) is 0.346. The number of esters is 1. The molecule has 2 aromatic rings. The third-order valence-electron chi connectivity index (χ3n) is 6.17. The van der Waals surface area contributed by atoms with Gasteiger partial charge in [-0.25, -0.2) is 0 Å². The number of methoxy groups -OCH3 is 1. The smallest absolute Gasteiger partial charge is 0.315 e. The van der Waals surface area contributed by atoms with Crippen molar-refractivity contribution in [3.05, 3.63) is 77.0 Å². The van der Waals surface area contributed by atoms with E-state index >= 15 is 0 Å². The van der Waals surface area contributed by atoms with Crippen LogP contribution in [0.25, 0.3) is 0 Å². The summed E-state index contributed by atoms with van der Waals surface area (Å²) in [7, 11) is 1.54. The van der Waals surface area contributed by atoms with Crippen LogP contribution in [0.4, 0.5) is 0 Å². The van der Waals surface area contributed by atoms with Gasteiger partial charge in [0.05, 0.1) is 6.61 Å². The van der Waals surface area contributed by atoms with E-state index in [4.69, 9.17) is 14.5 Å². The lowest BCUT2D eigenvalue weighted by Crippen LogP contribution is -2.38. The van der Waals surface area contributed by atoms with Crippen LogP contribution in [-0.4, -0.2) is 42.9 Å². The van der Waals surface area contributed by atoms with E-state index in [1.54, 1.807) is 25.1 Å². The first-order valence-corrected chi connectivity index (χ1v) is 10.8. The maximum atomic E-state index is 13.5. The van der Waals surface area contributed by atoms with Gasteiger partial charge in [0.1, 0.15) is 18.3 Å². The second-order valence-electron chi connectivity index (χ2n) is 8.26. The number of allylic oxidation sites excluding steroid dienone is 2. The molecule has 2 aliphatic rings. The van der Waals surface area contributed by atoms with Gasteiger partial charge in [-0.3, -0.25) is 14.6 Å². The van der Waals surface area contributed by atoms with Crippen LogP contribution in [0.15, 0.2) is 70.9 Å². The molecule has 0 radical (unpaired) electrons. The Morgan fingerprint density at radius 2 is 1.81 bits per heavy atom. The summed E-state index contributed by atoms with van der Waals surface area (Å²) in [5, 5.41) is 10.1. The number of carbonyl (C=O) groups is 2. The summed E-state index contributed by atoms with van der Waals surface area (Å²) in [5.41, 5.74) is 3.70. The summed E-state index contributed by atoms with van der Waals surface area (Å²) >= 11 is 0. The average molecular weight is 434 g/mol. The van der Waals surface area contributed by atoms with E-state index in [2.05, 4.69) is 0 Å². The van der Waals surface area contributed by atoms with Crippen molar-refractivity contribution in [2.45, 2.75) is 31.6 Å². The molecule has 0 saturated carbocycles. The maximum Gasteiger partial charge on any atom is 0.315 e. The molecule has 0 aromatic heterocycles. The van der Waals surface area contributed by atoms with Crippen LogP contribution in [0.5, 0.6) is 5.75 Å². The fourth-order valence-corrected chi connectivity index (χ4v) is 4.72. The van der Waals surface area contributed by atoms with E-state index in [9.17, 15) is 14.7 Å². The van der Waals surface area contributed by atoms with Gasteiger partial charge in [-0.05, 0) is 42.5 Å². The molecule has 2 aromatic carbocycles. The van der Waals surface area contributed by atoms with Crippen LogP contribution in [0.3, 0.4) is 0 Å². The average Bonchev–Trinajstić information content (AvgIpc) is 2.78. The van der Waals surface area contributed by atoms with Crippen molar-refractivity contribution < 1.29 is 24.2 Å². The van der Waals surface area contributed by atoms with Crippen molar-refractivity contribution in [2.75, 3.05) is 20.3 Å². The Balaban J connectivity index is 1.75. The highest BCUT2D eigenvalue weighted by atomic mass is 16.6. The minimum absolute atomic E-state index is 0.0145. The number of hydrogen-bond acceptors (Lipinski definition) is 6. The van der Waals surface area contributed by atoms with Gasteiger partial charge in [0.2, 0.25) is 0 Å². The first kappa shape index (κ1) is 22.0. The molecule has 6 heteroatoms. The maximum absolute atomic E-state index is 13.5. The highest BCUT2D eigenvalue weighted by Gasteiger charge is 2.44. The number of nitrogens with zero attached hydrogens (tertiary/aromatic N) is 1. The number of ether oxygens (including phenoxy) is 2. The van der Waals surface area contributed by atoms with E-state index in [-0.39, 0.29) is 30.7 Å². The first-order valence-electron chi connectivity index (χ1n) is 10.8. The molecule has 3 unspecified atom stereocenters. The lowest BCUT2D eigenvalue weighted by molar-refractivity contribution is -0.147. The second-order valence-corrected chi connectivity index (χ2v) is 8.26. The molecule has 1 heterocycles. The highest BCUT2D eigenvalue weighted by molar-refractivity contribution is 6.09. The summed E-state index contributed by atoms with van der Waals surface area (Å²) in [6, 6.07) is 16.7. The SMILES string of the molecule is COCCOC(=O)C1C(C)=NC2=C(C(=O)CC(c3ccccc3)C2)C1c1cccc(O)c1. The van der Waals surface area contributed by atoms with Gasteiger partial charge in [-0.15, -0.1) is 0 Å². The number of benzene rings is 2. The molecule has 0 bridgehead atoms. The molecule has 1 aliphatic heterocycles. The van der Waals surface area contributed by atoms with Gasteiger partial charge in [0.15, 0.2) is 5.78 Å². The Kier molecular flexibility index (Phi) is 6.51. The molecular weight excluding hydrogens is 406 g/mol. The van der Waals surface area contributed by atoms with Crippen molar-refractivity contribution in [2.24, 2.45) is 10.9 Å². The standard InChI is InChI=1S/C26H27NO5/c1-16-23(26(30)32-12-11-31-2)24(18-9-6-10-20(28)13-18)25-21(27-16)14-19(15-22(25)29)17-7-4-3-5-8-17/h3-10,13,19,23-24,28H,11-12,14-15H2,1-2H3. The fourth-order valence-electron chi connectivity index (χ4n) is 4.72. The summed E-state index contributed by atoms with van der Waals surface area (Å²) in [6.07, 6.45) is 0.987. The van der Waals surface area contributed by atoms with Crippen LogP contribution < -0.4 is 0 Å². The number of ketones is 1. The van der Waals surface area contributed by atoms with Gasteiger partial charge in [0, 0.05) is 36.4 Å². The number of aromatic hydroxyl groups is 1. The molecule has 3 atom stereocenters. The number of Topliss-reactive ketones (excluding diaryl/α,β-unsaturated/α-hetero) is 1. The van der Waals surface area contributed by atoms with Crippen LogP contribution in [0.2, 0.25) is 0 Å². The van der Waals surface area contributed by atoms with Crippen molar-refractivity contribution in [1.29, 1.82) is 0 Å². The van der Waals surface area contributed by atoms with E-state index in [0.717, 1.165) is 11.3 Å². The number of aliphatic imine (C=N–C) groups is 1. The third kappa shape index (κ3) is 4.36. The summed E-state index contributed by atoms with van der Waals surface area (Å²) in [4.78, 5) is 31.3. The monoisotopic (exact) mass is 433 g/mol. The van der Waals surface area contributed by atoms with Crippen molar-refractivity contribution in [3.63, 3.8) is 0 Å². The zero-order valence-corrected chi connectivity index (χ0v) is 18.3.